The third-order valence-corrected chi connectivity index (χ3v) is 4.38. The number of hydrogen-bond acceptors (Lipinski definition) is 3. The van der Waals surface area contributed by atoms with Crippen molar-refractivity contribution >= 4 is 29.1 Å². The zero-order valence-electron chi connectivity index (χ0n) is 13.7. The maximum atomic E-state index is 12.5. The fourth-order valence-electron chi connectivity index (χ4n) is 2.75. The topological polar surface area (TPSA) is 70.2 Å². The van der Waals surface area contributed by atoms with Gasteiger partial charge in [0.05, 0.1) is 17.1 Å². The molecule has 1 aromatic carbocycles. The van der Waals surface area contributed by atoms with E-state index in [0.29, 0.717) is 22.8 Å². The molecule has 1 saturated carbocycles. The maximum absolute atomic E-state index is 12.5. The Balaban J connectivity index is 1.95. The molecule has 24 heavy (non-hydrogen) atoms. The number of amides is 2. The van der Waals surface area contributed by atoms with Gasteiger partial charge in [-0.3, -0.25) is 9.59 Å². The van der Waals surface area contributed by atoms with Crippen molar-refractivity contribution in [3.8, 4) is 0 Å². The van der Waals surface area contributed by atoms with Gasteiger partial charge >= 0.3 is 0 Å². The highest BCUT2D eigenvalue weighted by Crippen LogP contribution is 2.22. The SMILES string of the molecule is C=CCNC(=O)CNc1ccc(Cl)c(C(=O)NC2CCCCC2)c1. The normalized spacial score (nSPS) is 14.7. The zero-order chi connectivity index (χ0) is 17.4. The van der Waals surface area contributed by atoms with E-state index in [2.05, 4.69) is 22.5 Å². The first-order valence-electron chi connectivity index (χ1n) is 8.32. The smallest absolute Gasteiger partial charge is 0.253 e. The Morgan fingerprint density at radius 3 is 2.71 bits per heavy atom. The van der Waals surface area contributed by atoms with Crippen molar-refractivity contribution in [1.29, 1.82) is 0 Å². The number of nitrogens with one attached hydrogen (secondary N) is 3. The molecule has 1 aliphatic rings. The van der Waals surface area contributed by atoms with Crippen LogP contribution in [0.4, 0.5) is 5.69 Å². The van der Waals surface area contributed by atoms with Crippen LogP contribution in [-0.4, -0.2) is 30.9 Å². The number of rotatable bonds is 7. The summed E-state index contributed by atoms with van der Waals surface area (Å²) in [6.45, 7) is 4.10. The molecule has 0 spiro atoms. The minimum absolute atomic E-state index is 0.124. The lowest BCUT2D eigenvalue weighted by Crippen LogP contribution is -2.36. The van der Waals surface area contributed by atoms with Gasteiger partial charge in [0.15, 0.2) is 0 Å². The highest BCUT2D eigenvalue weighted by atomic mass is 35.5. The predicted octanol–water partition coefficient (Wildman–Crippen LogP) is 3.12. The van der Waals surface area contributed by atoms with Crippen LogP contribution in [0.1, 0.15) is 42.5 Å². The van der Waals surface area contributed by atoms with Crippen molar-refractivity contribution in [1.82, 2.24) is 10.6 Å². The molecule has 0 unspecified atom stereocenters. The van der Waals surface area contributed by atoms with Crippen molar-refractivity contribution in [3.63, 3.8) is 0 Å². The van der Waals surface area contributed by atoms with Gasteiger partial charge in [0.2, 0.25) is 5.91 Å². The highest BCUT2D eigenvalue weighted by Gasteiger charge is 2.18. The standard InChI is InChI=1S/C18H24ClN3O2/c1-2-10-20-17(23)12-21-14-8-9-16(19)15(11-14)18(24)22-13-6-4-3-5-7-13/h2,8-9,11,13,21H,1,3-7,10,12H2,(H,20,23)(H,22,24). The molecule has 0 aromatic heterocycles. The predicted molar refractivity (Wildman–Crippen MR) is 97.5 cm³/mol. The van der Waals surface area contributed by atoms with E-state index in [0.717, 1.165) is 25.7 Å². The number of carbonyl (C=O) groups is 2. The molecule has 1 aromatic rings. The molecule has 0 saturated heterocycles. The van der Waals surface area contributed by atoms with Crippen molar-refractivity contribution in [2.24, 2.45) is 0 Å². The van der Waals surface area contributed by atoms with Gasteiger partial charge in [-0.25, -0.2) is 0 Å². The summed E-state index contributed by atoms with van der Waals surface area (Å²) in [7, 11) is 0. The van der Waals surface area contributed by atoms with Crippen molar-refractivity contribution in [2.75, 3.05) is 18.4 Å². The van der Waals surface area contributed by atoms with E-state index in [9.17, 15) is 9.59 Å². The van der Waals surface area contributed by atoms with Gasteiger partial charge in [-0.2, -0.15) is 0 Å². The van der Waals surface area contributed by atoms with Crippen LogP contribution >= 0.6 is 11.6 Å². The molecule has 5 nitrogen and oxygen atoms in total. The number of hydrogen-bond donors (Lipinski definition) is 3. The summed E-state index contributed by atoms with van der Waals surface area (Å²) in [6, 6.07) is 5.33. The number of benzene rings is 1. The summed E-state index contributed by atoms with van der Waals surface area (Å²) in [5, 5.41) is 9.14. The Kier molecular flexibility index (Phi) is 7.12. The third kappa shape index (κ3) is 5.57. The largest absolute Gasteiger partial charge is 0.376 e. The van der Waals surface area contributed by atoms with Crippen LogP contribution < -0.4 is 16.0 Å². The van der Waals surface area contributed by atoms with Gasteiger partial charge in [-0.1, -0.05) is 36.9 Å². The Labute approximate surface area is 147 Å². The van der Waals surface area contributed by atoms with E-state index in [1.165, 1.54) is 6.42 Å². The van der Waals surface area contributed by atoms with E-state index >= 15 is 0 Å². The molecule has 130 valence electrons. The maximum Gasteiger partial charge on any atom is 0.253 e. The van der Waals surface area contributed by atoms with Crippen molar-refractivity contribution in [3.05, 3.63) is 41.4 Å². The number of anilines is 1. The zero-order valence-corrected chi connectivity index (χ0v) is 14.5. The Hall–Kier alpha value is -2.01. The van der Waals surface area contributed by atoms with E-state index in [1.54, 1.807) is 24.3 Å². The second-order valence-corrected chi connectivity index (χ2v) is 6.36. The Morgan fingerprint density at radius 1 is 1.25 bits per heavy atom. The molecule has 1 fully saturated rings. The quantitative estimate of drug-likeness (QED) is 0.662. The summed E-state index contributed by atoms with van der Waals surface area (Å²) >= 11 is 6.16. The molecule has 0 heterocycles. The van der Waals surface area contributed by atoms with Crippen LogP contribution in [0.2, 0.25) is 5.02 Å². The van der Waals surface area contributed by atoms with Gasteiger partial charge in [-0.15, -0.1) is 6.58 Å². The minimum atomic E-state index is -0.161. The first-order chi connectivity index (χ1) is 11.6. The molecule has 0 aliphatic heterocycles. The van der Waals surface area contributed by atoms with Gasteiger partial charge in [0.25, 0.3) is 5.91 Å². The molecular weight excluding hydrogens is 326 g/mol. The van der Waals surface area contributed by atoms with E-state index < -0.39 is 0 Å². The van der Waals surface area contributed by atoms with E-state index in [1.807, 2.05) is 0 Å². The van der Waals surface area contributed by atoms with Crippen LogP contribution in [-0.2, 0) is 4.79 Å². The van der Waals surface area contributed by atoms with Crippen LogP contribution in [0, 0.1) is 0 Å². The summed E-state index contributed by atoms with van der Waals surface area (Å²) in [5.41, 5.74) is 1.11. The lowest BCUT2D eigenvalue weighted by molar-refractivity contribution is -0.119. The average molecular weight is 350 g/mol. The first-order valence-corrected chi connectivity index (χ1v) is 8.70. The minimum Gasteiger partial charge on any atom is -0.376 e. The van der Waals surface area contributed by atoms with Crippen LogP contribution in [0.5, 0.6) is 0 Å². The molecule has 0 bridgehead atoms. The Bertz CT molecular complexity index is 598. The number of halogens is 1. The molecule has 0 atom stereocenters. The van der Waals surface area contributed by atoms with Crippen molar-refractivity contribution in [2.45, 2.75) is 38.1 Å². The van der Waals surface area contributed by atoms with E-state index in [-0.39, 0.29) is 24.4 Å². The van der Waals surface area contributed by atoms with Gasteiger partial charge in [0, 0.05) is 18.3 Å². The van der Waals surface area contributed by atoms with Gasteiger partial charge in [0.1, 0.15) is 0 Å². The molecule has 3 N–H and O–H groups in total. The fourth-order valence-corrected chi connectivity index (χ4v) is 2.95. The molecule has 1 aliphatic carbocycles. The third-order valence-electron chi connectivity index (χ3n) is 4.05. The Morgan fingerprint density at radius 2 is 2.00 bits per heavy atom. The van der Waals surface area contributed by atoms with Crippen LogP contribution in [0.3, 0.4) is 0 Å². The first kappa shape index (κ1) is 18.3. The second-order valence-electron chi connectivity index (χ2n) is 5.95. The van der Waals surface area contributed by atoms with Crippen molar-refractivity contribution < 1.29 is 9.59 Å². The van der Waals surface area contributed by atoms with E-state index in [4.69, 9.17) is 11.6 Å². The molecule has 6 heteroatoms. The summed E-state index contributed by atoms with van der Waals surface area (Å²) < 4.78 is 0. The van der Waals surface area contributed by atoms with Crippen LogP contribution in [0.15, 0.2) is 30.9 Å². The summed E-state index contributed by atoms with van der Waals surface area (Å²) in [4.78, 5) is 24.0. The summed E-state index contributed by atoms with van der Waals surface area (Å²) in [6.07, 6.45) is 7.20. The summed E-state index contributed by atoms with van der Waals surface area (Å²) in [5.74, 6) is -0.301. The second kappa shape index (κ2) is 9.33. The van der Waals surface area contributed by atoms with Gasteiger partial charge in [-0.05, 0) is 31.0 Å². The lowest BCUT2D eigenvalue weighted by Gasteiger charge is -2.23. The molecule has 0 radical (unpaired) electrons. The number of carbonyl (C=O) groups excluding carboxylic acids is 2. The highest BCUT2D eigenvalue weighted by molar-refractivity contribution is 6.34. The lowest BCUT2D eigenvalue weighted by atomic mass is 9.95. The monoisotopic (exact) mass is 349 g/mol. The average Bonchev–Trinajstić information content (AvgIpc) is 2.60. The molecule has 2 rings (SSSR count). The van der Waals surface area contributed by atoms with Crippen LogP contribution in [0.25, 0.3) is 0 Å². The molecular formula is C18H24ClN3O2. The molecule has 2 amide bonds. The fraction of sp³-hybridized carbons (Fsp3) is 0.444. The van der Waals surface area contributed by atoms with Gasteiger partial charge < -0.3 is 16.0 Å².